The first-order chi connectivity index (χ1) is 11.9. The van der Waals surface area contributed by atoms with Crippen molar-refractivity contribution in [2.24, 2.45) is 0 Å². The number of sulfonamides is 1. The number of benzene rings is 2. The molecule has 3 rings (SSSR count). The van der Waals surface area contributed by atoms with Crippen molar-refractivity contribution in [2.75, 3.05) is 17.6 Å². The number of carbonyl (C=O) groups excluding carboxylic acids is 1. The van der Waals surface area contributed by atoms with Crippen molar-refractivity contribution in [2.45, 2.75) is 26.8 Å². The summed E-state index contributed by atoms with van der Waals surface area (Å²) in [5, 5.41) is 2.89. The number of amides is 1. The van der Waals surface area contributed by atoms with Crippen LogP contribution in [0.2, 0.25) is 0 Å². The summed E-state index contributed by atoms with van der Waals surface area (Å²) in [5.74, 6) is -0.0691. The Morgan fingerprint density at radius 1 is 1.12 bits per heavy atom. The zero-order valence-corrected chi connectivity index (χ0v) is 15.3. The van der Waals surface area contributed by atoms with Crippen molar-refractivity contribution < 1.29 is 13.2 Å². The number of rotatable bonds is 4. The van der Waals surface area contributed by atoms with Crippen LogP contribution in [0.3, 0.4) is 0 Å². The van der Waals surface area contributed by atoms with Crippen LogP contribution in [0, 0.1) is 6.92 Å². The molecule has 5 nitrogen and oxygen atoms in total. The maximum Gasteiger partial charge on any atom is 0.255 e. The molecule has 1 aliphatic rings. The SMILES string of the molecule is CCS(=O)(=O)N1CCc2ccc(NC(=O)c3ccc(C)cc3)cc2C1. The number of carbonyl (C=O) groups is 1. The van der Waals surface area contributed by atoms with Crippen molar-refractivity contribution in [3.05, 3.63) is 64.7 Å². The van der Waals surface area contributed by atoms with Gasteiger partial charge in [0.15, 0.2) is 0 Å². The lowest BCUT2D eigenvalue weighted by molar-refractivity contribution is 0.102. The second kappa shape index (κ2) is 6.98. The van der Waals surface area contributed by atoms with Crippen LogP contribution in [0.4, 0.5) is 5.69 Å². The van der Waals surface area contributed by atoms with Crippen LogP contribution in [0.25, 0.3) is 0 Å². The van der Waals surface area contributed by atoms with Crippen LogP contribution < -0.4 is 5.32 Å². The van der Waals surface area contributed by atoms with Crippen molar-refractivity contribution in [1.82, 2.24) is 4.31 Å². The number of fused-ring (bicyclic) bond motifs is 1. The molecule has 25 heavy (non-hydrogen) atoms. The Balaban J connectivity index is 1.78. The molecular formula is C19H22N2O3S. The van der Waals surface area contributed by atoms with Crippen LogP contribution >= 0.6 is 0 Å². The fraction of sp³-hybridized carbons (Fsp3) is 0.316. The summed E-state index contributed by atoms with van der Waals surface area (Å²) in [5.41, 5.74) is 4.46. The van der Waals surface area contributed by atoms with Gasteiger partial charge in [0, 0.05) is 24.3 Å². The van der Waals surface area contributed by atoms with Crippen LogP contribution in [-0.4, -0.2) is 30.9 Å². The number of nitrogens with one attached hydrogen (secondary N) is 1. The van der Waals surface area contributed by atoms with Crippen molar-refractivity contribution in [1.29, 1.82) is 0 Å². The van der Waals surface area contributed by atoms with Gasteiger partial charge in [0.05, 0.1) is 5.75 Å². The Morgan fingerprint density at radius 2 is 1.84 bits per heavy atom. The predicted octanol–water partition coefficient (Wildman–Crippen LogP) is 2.96. The van der Waals surface area contributed by atoms with E-state index < -0.39 is 10.0 Å². The Hall–Kier alpha value is -2.18. The minimum atomic E-state index is -3.20. The van der Waals surface area contributed by atoms with Gasteiger partial charge in [-0.3, -0.25) is 4.79 Å². The maximum atomic E-state index is 12.3. The van der Waals surface area contributed by atoms with E-state index in [-0.39, 0.29) is 11.7 Å². The number of anilines is 1. The lowest BCUT2D eigenvalue weighted by Gasteiger charge is -2.28. The average Bonchev–Trinajstić information content (AvgIpc) is 2.61. The van der Waals surface area contributed by atoms with Crippen LogP contribution in [-0.2, 0) is 23.0 Å². The molecule has 1 N–H and O–H groups in total. The van der Waals surface area contributed by atoms with Gasteiger partial charge in [-0.05, 0) is 55.7 Å². The van der Waals surface area contributed by atoms with E-state index in [0.717, 1.165) is 16.7 Å². The van der Waals surface area contributed by atoms with Gasteiger partial charge in [0.1, 0.15) is 0 Å². The molecule has 1 aliphatic heterocycles. The highest BCUT2D eigenvalue weighted by molar-refractivity contribution is 7.89. The molecule has 0 fully saturated rings. The topological polar surface area (TPSA) is 66.5 Å². The third-order valence-corrected chi connectivity index (χ3v) is 6.34. The Bertz CT molecular complexity index is 889. The van der Waals surface area contributed by atoms with E-state index in [1.54, 1.807) is 19.1 Å². The molecule has 1 heterocycles. The van der Waals surface area contributed by atoms with Crippen LogP contribution in [0.1, 0.15) is 34.0 Å². The molecule has 6 heteroatoms. The molecule has 0 saturated carbocycles. The Kier molecular flexibility index (Phi) is 4.92. The van der Waals surface area contributed by atoms with E-state index in [1.807, 2.05) is 37.3 Å². The zero-order chi connectivity index (χ0) is 18.0. The van der Waals surface area contributed by atoms with E-state index in [1.165, 1.54) is 4.31 Å². The summed E-state index contributed by atoms with van der Waals surface area (Å²) in [6, 6.07) is 13.1. The second-order valence-electron chi connectivity index (χ2n) is 6.29. The van der Waals surface area contributed by atoms with Gasteiger partial charge in [-0.1, -0.05) is 23.8 Å². The molecule has 0 aliphatic carbocycles. The van der Waals surface area contributed by atoms with E-state index >= 15 is 0 Å². The van der Waals surface area contributed by atoms with Crippen molar-refractivity contribution in [3.63, 3.8) is 0 Å². The molecule has 2 aromatic carbocycles. The average molecular weight is 358 g/mol. The van der Waals surface area contributed by atoms with Crippen LogP contribution in [0.15, 0.2) is 42.5 Å². The molecule has 1 amide bonds. The smallest absolute Gasteiger partial charge is 0.255 e. The lowest BCUT2D eigenvalue weighted by atomic mass is 10.0. The normalized spacial score (nSPS) is 14.8. The van der Waals surface area contributed by atoms with Crippen molar-refractivity contribution in [3.8, 4) is 0 Å². The summed E-state index contributed by atoms with van der Waals surface area (Å²) in [4.78, 5) is 12.3. The van der Waals surface area contributed by atoms with Gasteiger partial charge >= 0.3 is 0 Å². The maximum absolute atomic E-state index is 12.3. The molecule has 0 spiro atoms. The third kappa shape index (κ3) is 3.91. The summed E-state index contributed by atoms with van der Waals surface area (Å²) >= 11 is 0. The monoisotopic (exact) mass is 358 g/mol. The molecular weight excluding hydrogens is 336 g/mol. The molecule has 0 radical (unpaired) electrons. The lowest BCUT2D eigenvalue weighted by Crippen LogP contribution is -2.36. The van der Waals surface area contributed by atoms with Gasteiger partial charge in [-0.2, -0.15) is 4.31 Å². The number of hydrogen-bond donors (Lipinski definition) is 1. The molecule has 0 saturated heterocycles. The highest BCUT2D eigenvalue weighted by atomic mass is 32.2. The Labute approximate surface area is 148 Å². The first-order valence-corrected chi connectivity index (χ1v) is 9.97. The van der Waals surface area contributed by atoms with Gasteiger partial charge in [0.25, 0.3) is 5.91 Å². The van der Waals surface area contributed by atoms with Gasteiger partial charge in [-0.15, -0.1) is 0 Å². The van der Waals surface area contributed by atoms with Crippen LogP contribution in [0.5, 0.6) is 0 Å². The fourth-order valence-electron chi connectivity index (χ4n) is 2.94. The second-order valence-corrected chi connectivity index (χ2v) is 8.55. The van der Waals surface area contributed by atoms with Gasteiger partial charge in [-0.25, -0.2) is 8.42 Å². The van der Waals surface area contributed by atoms with E-state index in [2.05, 4.69) is 5.32 Å². The largest absolute Gasteiger partial charge is 0.322 e. The molecule has 0 unspecified atom stereocenters. The third-order valence-electron chi connectivity index (χ3n) is 4.51. The standard InChI is InChI=1S/C19H22N2O3S/c1-3-25(23,24)21-11-10-15-8-9-18(12-17(15)13-21)20-19(22)16-6-4-14(2)5-7-16/h4-9,12H,3,10-11,13H2,1-2H3,(H,20,22). The minimum absolute atomic E-state index is 0.103. The highest BCUT2D eigenvalue weighted by Crippen LogP contribution is 2.25. The van der Waals surface area contributed by atoms with Crippen molar-refractivity contribution >= 4 is 21.6 Å². The van der Waals surface area contributed by atoms with E-state index in [0.29, 0.717) is 30.8 Å². The number of hydrogen-bond acceptors (Lipinski definition) is 3. The summed E-state index contributed by atoms with van der Waals surface area (Å²) in [6.07, 6.45) is 0.695. The molecule has 0 aromatic heterocycles. The fourth-order valence-corrected chi connectivity index (χ4v) is 4.01. The van der Waals surface area contributed by atoms with Gasteiger partial charge in [0.2, 0.25) is 10.0 Å². The molecule has 2 aromatic rings. The molecule has 132 valence electrons. The first kappa shape index (κ1) is 17.6. The molecule has 0 bridgehead atoms. The number of aryl methyl sites for hydroxylation is 1. The zero-order valence-electron chi connectivity index (χ0n) is 14.5. The van der Waals surface area contributed by atoms with E-state index in [9.17, 15) is 13.2 Å². The summed E-state index contributed by atoms with van der Waals surface area (Å²) in [6.45, 7) is 4.50. The molecule has 0 atom stereocenters. The van der Waals surface area contributed by atoms with E-state index in [4.69, 9.17) is 0 Å². The quantitative estimate of drug-likeness (QED) is 0.914. The van der Waals surface area contributed by atoms with Gasteiger partial charge < -0.3 is 5.32 Å². The minimum Gasteiger partial charge on any atom is -0.322 e. The summed E-state index contributed by atoms with van der Waals surface area (Å²) < 4.78 is 25.7. The first-order valence-electron chi connectivity index (χ1n) is 8.36. The highest BCUT2D eigenvalue weighted by Gasteiger charge is 2.25. The number of nitrogens with zero attached hydrogens (tertiary/aromatic N) is 1. The Morgan fingerprint density at radius 3 is 2.52 bits per heavy atom. The predicted molar refractivity (Wildman–Crippen MR) is 99.1 cm³/mol. The summed E-state index contributed by atoms with van der Waals surface area (Å²) in [7, 11) is -3.20.